The average molecular weight is 330 g/mol. The van der Waals surface area contributed by atoms with Gasteiger partial charge in [0.2, 0.25) is 10.0 Å². The normalized spacial score (nSPS) is 11.0. The highest BCUT2D eigenvalue weighted by molar-refractivity contribution is 7.89. The van der Waals surface area contributed by atoms with Gasteiger partial charge in [0.1, 0.15) is 10.6 Å². The predicted octanol–water partition coefficient (Wildman–Crippen LogP) is 0.198. The second kappa shape index (κ2) is 7.76. The summed E-state index contributed by atoms with van der Waals surface area (Å²) < 4.78 is 30.9. The van der Waals surface area contributed by atoms with E-state index < -0.39 is 21.9 Å². The van der Waals surface area contributed by atoms with Crippen molar-refractivity contribution < 1.29 is 27.9 Å². The summed E-state index contributed by atoms with van der Waals surface area (Å²) in [6, 6.07) is 4.02. The van der Waals surface area contributed by atoms with Crippen molar-refractivity contribution in [2.45, 2.75) is 17.7 Å². The van der Waals surface area contributed by atoms with E-state index in [2.05, 4.69) is 10.0 Å². The monoisotopic (exact) mass is 330 g/mol. The Labute approximate surface area is 128 Å². The van der Waals surface area contributed by atoms with Gasteiger partial charge in [0, 0.05) is 18.5 Å². The first-order valence-electron chi connectivity index (χ1n) is 6.43. The molecular formula is C13H18N2O6S. The SMILES string of the molecule is CNS(=O)(=O)c1cc(C(=O)NCCCC(=O)O)ccc1OC. The molecule has 1 amide bonds. The Bertz CT molecular complexity index is 656. The first-order chi connectivity index (χ1) is 10.3. The van der Waals surface area contributed by atoms with E-state index in [0.717, 1.165) is 0 Å². The summed E-state index contributed by atoms with van der Waals surface area (Å²) in [6.07, 6.45) is 0.237. The standard InChI is InChI=1S/C13H18N2O6S/c1-14-22(19,20)11-8-9(5-6-10(11)21-2)13(18)15-7-3-4-12(16)17/h5-6,8,14H,3-4,7H2,1-2H3,(H,15,18)(H,16,17). The minimum Gasteiger partial charge on any atom is -0.495 e. The van der Waals surface area contributed by atoms with E-state index in [-0.39, 0.29) is 29.2 Å². The lowest BCUT2D eigenvalue weighted by atomic mass is 10.2. The molecule has 9 heteroatoms. The molecule has 0 saturated heterocycles. The van der Waals surface area contributed by atoms with Crippen LogP contribution in [0, 0.1) is 0 Å². The number of carboxylic acid groups (broad SMARTS) is 1. The van der Waals surface area contributed by atoms with Crippen LogP contribution in [0.2, 0.25) is 0 Å². The molecule has 1 aromatic carbocycles. The van der Waals surface area contributed by atoms with E-state index in [1.807, 2.05) is 0 Å². The maximum atomic E-state index is 11.9. The first-order valence-corrected chi connectivity index (χ1v) is 7.91. The van der Waals surface area contributed by atoms with Gasteiger partial charge in [0.15, 0.2) is 0 Å². The number of ether oxygens (including phenoxy) is 1. The maximum absolute atomic E-state index is 11.9. The van der Waals surface area contributed by atoms with E-state index in [1.165, 1.54) is 32.4 Å². The van der Waals surface area contributed by atoms with Crippen molar-refractivity contribution in [3.8, 4) is 5.75 Å². The summed E-state index contributed by atoms with van der Waals surface area (Å²) in [5, 5.41) is 11.0. The lowest BCUT2D eigenvalue weighted by Gasteiger charge is -2.11. The Hall–Kier alpha value is -2.13. The van der Waals surface area contributed by atoms with Crippen molar-refractivity contribution in [1.29, 1.82) is 0 Å². The number of carboxylic acids is 1. The third kappa shape index (κ3) is 4.71. The highest BCUT2D eigenvalue weighted by atomic mass is 32.2. The summed E-state index contributed by atoms with van der Waals surface area (Å²) in [4.78, 5) is 22.2. The van der Waals surface area contributed by atoms with E-state index in [4.69, 9.17) is 9.84 Å². The summed E-state index contributed by atoms with van der Waals surface area (Å²) >= 11 is 0. The Morgan fingerprint density at radius 3 is 2.55 bits per heavy atom. The topological polar surface area (TPSA) is 122 Å². The van der Waals surface area contributed by atoms with Crippen LogP contribution in [0.15, 0.2) is 23.1 Å². The molecule has 0 heterocycles. The molecule has 0 spiro atoms. The van der Waals surface area contributed by atoms with Gasteiger partial charge in [-0.1, -0.05) is 0 Å². The summed E-state index contributed by atoms with van der Waals surface area (Å²) in [6.45, 7) is 0.186. The fourth-order valence-corrected chi connectivity index (χ4v) is 2.60. The molecule has 22 heavy (non-hydrogen) atoms. The second-order valence-corrected chi connectivity index (χ2v) is 6.18. The van der Waals surface area contributed by atoms with Crippen molar-refractivity contribution in [3.05, 3.63) is 23.8 Å². The zero-order valence-electron chi connectivity index (χ0n) is 12.3. The van der Waals surface area contributed by atoms with E-state index in [9.17, 15) is 18.0 Å². The van der Waals surface area contributed by atoms with Crippen LogP contribution in [0.5, 0.6) is 5.75 Å². The van der Waals surface area contributed by atoms with Gasteiger partial charge >= 0.3 is 5.97 Å². The summed E-state index contributed by atoms with van der Waals surface area (Å²) in [5.41, 5.74) is 0.143. The fraction of sp³-hybridized carbons (Fsp3) is 0.385. The van der Waals surface area contributed by atoms with Crippen molar-refractivity contribution in [2.75, 3.05) is 20.7 Å². The van der Waals surface area contributed by atoms with Gasteiger partial charge in [0.25, 0.3) is 5.91 Å². The molecule has 3 N–H and O–H groups in total. The minimum atomic E-state index is -3.77. The van der Waals surface area contributed by atoms with Crippen LogP contribution in [0.3, 0.4) is 0 Å². The van der Waals surface area contributed by atoms with E-state index in [1.54, 1.807) is 0 Å². The number of methoxy groups -OCH3 is 1. The zero-order valence-corrected chi connectivity index (χ0v) is 13.1. The van der Waals surface area contributed by atoms with Crippen molar-refractivity contribution >= 4 is 21.9 Å². The number of benzene rings is 1. The molecule has 0 aliphatic heterocycles. The molecule has 0 aromatic heterocycles. The maximum Gasteiger partial charge on any atom is 0.303 e. The quantitative estimate of drug-likeness (QED) is 0.585. The van der Waals surface area contributed by atoms with Gasteiger partial charge in [-0.25, -0.2) is 13.1 Å². The zero-order chi connectivity index (χ0) is 16.8. The van der Waals surface area contributed by atoms with Crippen LogP contribution in [-0.4, -0.2) is 46.1 Å². The van der Waals surface area contributed by atoms with E-state index >= 15 is 0 Å². The van der Waals surface area contributed by atoms with Crippen LogP contribution in [0.4, 0.5) is 0 Å². The van der Waals surface area contributed by atoms with Gasteiger partial charge in [-0.3, -0.25) is 9.59 Å². The third-order valence-corrected chi connectivity index (χ3v) is 4.27. The number of hydrogen-bond acceptors (Lipinski definition) is 5. The second-order valence-electron chi connectivity index (χ2n) is 4.33. The Morgan fingerprint density at radius 1 is 1.32 bits per heavy atom. The molecule has 0 bridgehead atoms. The molecule has 1 aromatic rings. The lowest BCUT2D eigenvalue weighted by molar-refractivity contribution is -0.137. The molecule has 0 aliphatic rings. The van der Waals surface area contributed by atoms with Gasteiger partial charge in [-0.2, -0.15) is 0 Å². The van der Waals surface area contributed by atoms with Gasteiger partial charge < -0.3 is 15.2 Å². The molecule has 0 fully saturated rings. The van der Waals surface area contributed by atoms with Gasteiger partial charge in [-0.05, 0) is 31.7 Å². The molecule has 122 valence electrons. The smallest absolute Gasteiger partial charge is 0.303 e. The number of aliphatic carboxylic acids is 1. The van der Waals surface area contributed by atoms with Gasteiger partial charge in [0.05, 0.1) is 7.11 Å². The highest BCUT2D eigenvalue weighted by Crippen LogP contribution is 2.24. The van der Waals surface area contributed by atoms with Crippen LogP contribution in [0.1, 0.15) is 23.2 Å². The molecule has 8 nitrogen and oxygen atoms in total. The average Bonchev–Trinajstić information content (AvgIpc) is 2.50. The Balaban J connectivity index is 2.90. The van der Waals surface area contributed by atoms with Crippen molar-refractivity contribution in [3.63, 3.8) is 0 Å². The number of rotatable bonds is 8. The molecule has 0 unspecified atom stereocenters. The number of sulfonamides is 1. The molecular weight excluding hydrogens is 312 g/mol. The molecule has 0 atom stereocenters. The number of carbonyl (C=O) groups is 2. The lowest BCUT2D eigenvalue weighted by Crippen LogP contribution is -2.26. The van der Waals surface area contributed by atoms with E-state index in [0.29, 0.717) is 6.42 Å². The number of amides is 1. The number of hydrogen-bond donors (Lipinski definition) is 3. The summed E-state index contributed by atoms with van der Waals surface area (Å²) in [5.74, 6) is -1.31. The van der Waals surface area contributed by atoms with Crippen LogP contribution in [0.25, 0.3) is 0 Å². The van der Waals surface area contributed by atoms with Crippen molar-refractivity contribution in [1.82, 2.24) is 10.0 Å². The Kier molecular flexibility index (Phi) is 6.32. The number of nitrogens with one attached hydrogen (secondary N) is 2. The number of carbonyl (C=O) groups excluding carboxylic acids is 1. The molecule has 0 radical (unpaired) electrons. The van der Waals surface area contributed by atoms with Crippen LogP contribution in [-0.2, 0) is 14.8 Å². The van der Waals surface area contributed by atoms with Crippen molar-refractivity contribution in [2.24, 2.45) is 0 Å². The fourth-order valence-electron chi connectivity index (χ4n) is 1.68. The molecule has 1 rings (SSSR count). The molecule has 0 aliphatic carbocycles. The largest absolute Gasteiger partial charge is 0.495 e. The Morgan fingerprint density at radius 2 is 2.00 bits per heavy atom. The van der Waals surface area contributed by atoms with Gasteiger partial charge in [-0.15, -0.1) is 0 Å². The minimum absolute atomic E-state index is 0.0533. The van der Waals surface area contributed by atoms with Crippen LogP contribution >= 0.6 is 0 Å². The summed E-state index contributed by atoms with van der Waals surface area (Å²) in [7, 11) is -1.18. The first kappa shape index (κ1) is 17.9. The molecule has 0 saturated carbocycles. The van der Waals surface area contributed by atoms with Crippen LogP contribution < -0.4 is 14.8 Å². The predicted molar refractivity (Wildman–Crippen MR) is 78.4 cm³/mol. The third-order valence-electron chi connectivity index (χ3n) is 2.84. The highest BCUT2D eigenvalue weighted by Gasteiger charge is 2.20.